The van der Waals surface area contributed by atoms with Gasteiger partial charge in [0, 0.05) is 9.89 Å². The summed E-state index contributed by atoms with van der Waals surface area (Å²) in [5.74, 6) is 0.480. The van der Waals surface area contributed by atoms with Gasteiger partial charge in [-0.25, -0.2) is 4.99 Å². The van der Waals surface area contributed by atoms with Crippen molar-refractivity contribution < 1.29 is 9.53 Å². The fourth-order valence-corrected chi connectivity index (χ4v) is 5.17. The van der Waals surface area contributed by atoms with Crippen molar-refractivity contribution in [2.75, 3.05) is 7.11 Å². The maximum absolute atomic E-state index is 12.3. The summed E-state index contributed by atoms with van der Waals surface area (Å²) in [5.41, 5.74) is 1.66. The average Bonchev–Trinajstić information content (AvgIpc) is 2.81. The Kier molecular flexibility index (Phi) is 4.96. The minimum Gasteiger partial charge on any atom is -0.469 e. The zero-order valence-electron chi connectivity index (χ0n) is 14.1. The van der Waals surface area contributed by atoms with E-state index in [1.807, 2.05) is 0 Å². The Hall–Kier alpha value is -1.03. The van der Waals surface area contributed by atoms with Crippen molar-refractivity contribution in [1.29, 1.82) is 0 Å². The highest BCUT2D eigenvalue weighted by Crippen LogP contribution is 2.62. The third-order valence-corrected chi connectivity index (χ3v) is 6.60. The van der Waals surface area contributed by atoms with Crippen LogP contribution in [0.5, 0.6) is 0 Å². The van der Waals surface area contributed by atoms with E-state index >= 15 is 0 Å². The molecule has 2 aliphatic rings. The number of hydrogen-bond donors (Lipinski definition) is 0. The van der Waals surface area contributed by atoms with Gasteiger partial charge in [-0.2, -0.15) is 0 Å². The second kappa shape index (κ2) is 6.70. The third kappa shape index (κ3) is 2.77. The summed E-state index contributed by atoms with van der Waals surface area (Å²) in [6.07, 6.45) is 5.59. The summed E-state index contributed by atoms with van der Waals surface area (Å²) in [7, 11) is 1.43. The van der Waals surface area contributed by atoms with E-state index in [1.54, 1.807) is 0 Å². The Morgan fingerprint density at radius 2 is 2.17 bits per heavy atom. The van der Waals surface area contributed by atoms with Crippen LogP contribution < -0.4 is 0 Å². The molecule has 3 rings (SSSR count). The minimum atomic E-state index is -0.652. The van der Waals surface area contributed by atoms with Crippen LogP contribution in [0.4, 0.5) is 0 Å². The number of benzene rings is 1. The van der Waals surface area contributed by atoms with Crippen LogP contribution in [-0.4, -0.2) is 18.2 Å². The zero-order chi connectivity index (χ0) is 17.4. The lowest BCUT2D eigenvalue weighted by molar-refractivity contribution is -0.144. The van der Waals surface area contributed by atoms with Gasteiger partial charge in [0.05, 0.1) is 18.7 Å². The molecule has 1 aromatic rings. The van der Waals surface area contributed by atoms with E-state index in [-0.39, 0.29) is 17.8 Å². The zero-order valence-corrected chi connectivity index (χ0v) is 16.5. The maximum atomic E-state index is 12.3. The molecule has 0 aliphatic heterocycles. The molecule has 3 nitrogen and oxygen atoms in total. The number of carbonyl (C=O) groups is 1. The topological polar surface area (TPSA) is 38.7 Å². The van der Waals surface area contributed by atoms with E-state index in [2.05, 4.69) is 51.2 Å². The van der Waals surface area contributed by atoms with Gasteiger partial charge in [-0.15, -0.1) is 0 Å². The third-order valence-electron chi connectivity index (χ3n) is 6.02. The van der Waals surface area contributed by atoms with Crippen LogP contribution in [0.25, 0.3) is 0 Å². The van der Waals surface area contributed by atoms with Crippen LogP contribution in [0.15, 0.2) is 27.7 Å². The minimum absolute atomic E-state index is 0.0668. The first kappa shape index (κ1) is 17.8. The number of esters is 1. The molecule has 0 aromatic heterocycles. The Morgan fingerprint density at radius 1 is 1.46 bits per heavy atom. The van der Waals surface area contributed by atoms with E-state index in [1.165, 1.54) is 12.7 Å². The lowest BCUT2D eigenvalue weighted by atomic mass is 9.59. The number of thiocarbonyl (C=S) groups is 1. The lowest BCUT2D eigenvalue weighted by Crippen LogP contribution is -2.45. The number of halogens is 1. The molecular formula is C19H22BrNO2S. The van der Waals surface area contributed by atoms with Crippen LogP contribution in [0.2, 0.25) is 0 Å². The molecule has 1 saturated carbocycles. The van der Waals surface area contributed by atoms with Crippen LogP contribution in [-0.2, 0) is 21.5 Å². The summed E-state index contributed by atoms with van der Waals surface area (Å²) >= 11 is 8.58. The Balaban J connectivity index is 2.18. The standard InChI is InChI=1S/C19H22BrNO2S/c1-13-5-7-18(8-6-13)10-14-3-4-15(20)9-16(14)19(18,21-12-24)11-17(22)23-2/h3-4,9,13H,5-8,10-11H2,1-2H3. The number of carbonyl (C=O) groups excluding carboxylic acids is 1. The fraction of sp³-hybridized carbons (Fsp3) is 0.579. The summed E-state index contributed by atoms with van der Waals surface area (Å²) in [4.78, 5) is 16.9. The molecule has 0 saturated heterocycles. The smallest absolute Gasteiger partial charge is 0.308 e. The summed E-state index contributed by atoms with van der Waals surface area (Å²) in [6.45, 7) is 2.30. The van der Waals surface area contributed by atoms with E-state index < -0.39 is 5.54 Å². The van der Waals surface area contributed by atoms with Gasteiger partial charge < -0.3 is 4.74 Å². The average molecular weight is 408 g/mol. The van der Waals surface area contributed by atoms with Crippen LogP contribution in [0.3, 0.4) is 0 Å². The first-order chi connectivity index (χ1) is 11.5. The van der Waals surface area contributed by atoms with Gasteiger partial charge >= 0.3 is 5.97 Å². The molecule has 0 N–H and O–H groups in total. The first-order valence-corrected chi connectivity index (χ1v) is 9.61. The molecule has 1 aromatic carbocycles. The van der Waals surface area contributed by atoms with Gasteiger partial charge in [-0.1, -0.05) is 41.8 Å². The summed E-state index contributed by atoms with van der Waals surface area (Å²) in [6, 6.07) is 6.31. The van der Waals surface area contributed by atoms with Crippen LogP contribution in [0, 0.1) is 11.3 Å². The number of isothiocyanates is 1. The number of aliphatic imine (C=N–C) groups is 1. The highest BCUT2D eigenvalue weighted by molar-refractivity contribution is 9.10. The second-order valence-corrected chi connectivity index (χ2v) is 8.36. The lowest BCUT2D eigenvalue weighted by Gasteiger charge is -2.46. The molecule has 5 heteroatoms. The van der Waals surface area contributed by atoms with Gasteiger partial charge in [0.15, 0.2) is 0 Å². The van der Waals surface area contributed by atoms with E-state index in [9.17, 15) is 4.79 Å². The van der Waals surface area contributed by atoms with Crippen molar-refractivity contribution in [1.82, 2.24) is 0 Å². The van der Waals surface area contributed by atoms with Crippen LogP contribution in [0.1, 0.15) is 50.2 Å². The Bertz CT molecular complexity index is 705. The molecule has 0 bridgehead atoms. The molecule has 2 aliphatic carbocycles. The molecule has 1 unspecified atom stereocenters. The quantitative estimate of drug-likeness (QED) is 0.399. The highest BCUT2D eigenvalue weighted by atomic mass is 79.9. The fourth-order valence-electron chi connectivity index (χ4n) is 4.65. The summed E-state index contributed by atoms with van der Waals surface area (Å²) in [5, 5.41) is 2.61. The Morgan fingerprint density at radius 3 is 2.79 bits per heavy atom. The largest absolute Gasteiger partial charge is 0.469 e. The first-order valence-electron chi connectivity index (χ1n) is 8.41. The van der Waals surface area contributed by atoms with Crippen LogP contribution >= 0.6 is 28.1 Å². The highest BCUT2D eigenvalue weighted by Gasteiger charge is 2.59. The number of nitrogens with zero attached hydrogens (tertiary/aromatic N) is 1. The predicted molar refractivity (Wildman–Crippen MR) is 101 cm³/mol. The SMILES string of the molecule is COC(=O)CC1(N=C=S)c2cc(Br)ccc2CC12CCC(C)CC2. The van der Waals surface area contributed by atoms with Gasteiger partial charge in [0.25, 0.3) is 0 Å². The monoisotopic (exact) mass is 407 g/mol. The molecule has 0 heterocycles. The molecular weight excluding hydrogens is 386 g/mol. The van der Waals surface area contributed by atoms with Crippen molar-refractivity contribution in [2.24, 2.45) is 16.3 Å². The Labute approximate surface area is 157 Å². The molecule has 24 heavy (non-hydrogen) atoms. The molecule has 1 atom stereocenters. The molecule has 1 fully saturated rings. The molecule has 0 radical (unpaired) electrons. The molecule has 0 amide bonds. The van der Waals surface area contributed by atoms with Crippen molar-refractivity contribution >= 4 is 39.3 Å². The van der Waals surface area contributed by atoms with E-state index in [0.717, 1.165) is 48.1 Å². The number of hydrogen-bond acceptors (Lipinski definition) is 4. The molecule has 1 spiro atoms. The second-order valence-electron chi connectivity index (χ2n) is 7.26. The number of fused-ring (bicyclic) bond motifs is 1. The predicted octanol–water partition coefficient (Wildman–Crippen LogP) is 5.06. The van der Waals surface area contributed by atoms with Crippen molar-refractivity contribution in [2.45, 2.75) is 51.0 Å². The van der Waals surface area contributed by atoms with Crippen molar-refractivity contribution in [3.63, 3.8) is 0 Å². The van der Waals surface area contributed by atoms with E-state index in [0.29, 0.717) is 0 Å². The van der Waals surface area contributed by atoms with Gasteiger partial charge in [0.1, 0.15) is 5.54 Å². The van der Waals surface area contributed by atoms with Gasteiger partial charge in [0.2, 0.25) is 0 Å². The summed E-state index contributed by atoms with van der Waals surface area (Å²) < 4.78 is 6.01. The van der Waals surface area contributed by atoms with E-state index in [4.69, 9.17) is 17.0 Å². The number of rotatable bonds is 3. The number of methoxy groups -OCH3 is 1. The number of ether oxygens (including phenoxy) is 1. The maximum Gasteiger partial charge on any atom is 0.308 e. The van der Waals surface area contributed by atoms with Crippen molar-refractivity contribution in [3.05, 3.63) is 33.8 Å². The molecule has 128 valence electrons. The van der Waals surface area contributed by atoms with Gasteiger partial charge in [-0.05, 0) is 60.7 Å². The van der Waals surface area contributed by atoms with Crippen molar-refractivity contribution in [3.8, 4) is 0 Å². The van der Waals surface area contributed by atoms with Gasteiger partial charge in [-0.3, -0.25) is 4.79 Å². The normalized spacial score (nSPS) is 31.4.